The number of nitrogens with zero attached hydrogens (tertiary/aromatic N) is 1. The Morgan fingerprint density at radius 3 is 2.75 bits per heavy atom. The van der Waals surface area contributed by atoms with Crippen molar-refractivity contribution in [3.63, 3.8) is 0 Å². The molecule has 6 nitrogen and oxygen atoms in total. The minimum atomic E-state index is -1.00. The molecule has 0 fully saturated rings. The van der Waals surface area contributed by atoms with Crippen LogP contribution < -0.4 is 9.64 Å². The summed E-state index contributed by atoms with van der Waals surface area (Å²) in [5.74, 6) is 0.275. The van der Waals surface area contributed by atoms with E-state index in [0.717, 1.165) is 0 Å². The molecule has 0 spiro atoms. The van der Waals surface area contributed by atoms with Crippen molar-refractivity contribution in [1.29, 1.82) is 0 Å². The maximum absolute atomic E-state index is 12.3. The van der Waals surface area contributed by atoms with Crippen LogP contribution in [0.4, 0.5) is 5.69 Å². The predicted octanol–water partition coefficient (Wildman–Crippen LogP) is 0.0361. The van der Waals surface area contributed by atoms with Crippen LogP contribution in [0, 0.1) is 0 Å². The van der Waals surface area contributed by atoms with Crippen LogP contribution in [0.15, 0.2) is 18.2 Å². The van der Waals surface area contributed by atoms with E-state index in [-0.39, 0.29) is 19.1 Å². The van der Waals surface area contributed by atoms with Gasteiger partial charge >= 0.3 is 0 Å². The predicted molar refractivity (Wildman–Crippen MR) is 72.5 cm³/mol. The summed E-state index contributed by atoms with van der Waals surface area (Å²) in [5.41, 5.74) is 1.24. The number of β-amino-alcohol motifs (C(OH)–C–C–N with tert-alkyl or cyclic N) is 1. The lowest BCUT2D eigenvalue weighted by atomic mass is 10.1. The first kappa shape index (κ1) is 14.8. The van der Waals surface area contributed by atoms with E-state index in [1.807, 2.05) is 6.92 Å². The van der Waals surface area contributed by atoms with Crippen LogP contribution in [0.1, 0.15) is 18.9 Å². The van der Waals surface area contributed by atoms with Crippen LogP contribution in [0.5, 0.6) is 5.75 Å². The Morgan fingerprint density at radius 1 is 1.40 bits per heavy atom. The van der Waals surface area contributed by atoms with Crippen molar-refractivity contribution in [3.05, 3.63) is 23.8 Å². The molecular formula is C14H19NO5. The molecule has 0 saturated heterocycles. The fourth-order valence-electron chi connectivity index (χ4n) is 2.19. The highest BCUT2D eigenvalue weighted by Crippen LogP contribution is 2.35. The number of aliphatic hydroxyl groups excluding tert-OH is 3. The van der Waals surface area contributed by atoms with E-state index in [0.29, 0.717) is 23.4 Å². The maximum Gasteiger partial charge on any atom is 0.268 e. The molecular weight excluding hydrogens is 262 g/mol. The van der Waals surface area contributed by atoms with E-state index in [1.54, 1.807) is 18.2 Å². The van der Waals surface area contributed by atoms with Gasteiger partial charge in [-0.1, -0.05) is 13.0 Å². The van der Waals surface area contributed by atoms with E-state index < -0.39 is 18.8 Å². The summed E-state index contributed by atoms with van der Waals surface area (Å²) < 4.78 is 5.63. The Balaban J connectivity index is 2.37. The lowest BCUT2D eigenvalue weighted by molar-refractivity contribution is -0.126. The van der Waals surface area contributed by atoms with Crippen LogP contribution in [0.25, 0.3) is 0 Å². The molecule has 2 rings (SSSR count). The van der Waals surface area contributed by atoms with Gasteiger partial charge in [0.05, 0.1) is 31.5 Å². The molecule has 1 aromatic rings. The van der Waals surface area contributed by atoms with E-state index in [9.17, 15) is 9.90 Å². The molecule has 1 aliphatic rings. The Labute approximate surface area is 117 Å². The molecule has 1 heterocycles. The van der Waals surface area contributed by atoms with Crippen molar-refractivity contribution >= 4 is 11.6 Å². The lowest BCUT2D eigenvalue weighted by Crippen LogP contribution is -2.49. The zero-order valence-corrected chi connectivity index (χ0v) is 11.3. The minimum absolute atomic E-state index is 0.0145. The van der Waals surface area contributed by atoms with Gasteiger partial charge in [-0.15, -0.1) is 0 Å². The molecule has 20 heavy (non-hydrogen) atoms. The normalized spacial score (nSPS) is 19.5. The van der Waals surface area contributed by atoms with Crippen LogP contribution in [-0.2, 0) is 11.4 Å². The third-order valence-electron chi connectivity index (χ3n) is 3.28. The zero-order chi connectivity index (χ0) is 14.7. The molecule has 2 unspecified atom stereocenters. The van der Waals surface area contributed by atoms with E-state index >= 15 is 0 Å². The Hall–Kier alpha value is -1.63. The largest absolute Gasteiger partial charge is 0.478 e. The first-order valence-electron chi connectivity index (χ1n) is 6.61. The number of rotatable bonds is 5. The van der Waals surface area contributed by atoms with Gasteiger partial charge in [-0.25, -0.2) is 0 Å². The van der Waals surface area contributed by atoms with Crippen molar-refractivity contribution < 1.29 is 24.9 Å². The van der Waals surface area contributed by atoms with Gasteiger partial charge in [0.25, 0.3) is 5.91 Å². The summed E-state index contributed by atoms with van der Waals surface area (Å²) in [6.07, 6.45) is -1.10. The summed E-state index contributed by atoms with van der Waals surface area (Å²) in [6, 6.07) is 5.05. The van der Waals surface area contributed by atoms with Gasteiger partial charge in [-0.3, -0.25) is 4.79 Å². The van der Waals surface area contributed by atoms with Gasteiger partial charge in [0, 0.05) is 0 Å². The number of hydrogen-bond acceptors (Lipinski definition) is 5. The third-order valence-corrected chi connectivity index (χ3v) is 3.28. The maximum atomic E-state index is 12.3. The third kappa shape index (κ3) is 2.77. The standard InChI is InChI=1S/C14H19NO5/c1-2-12-14(19)15(6-10(18)8-17)11-4-3-9(7-16)5-13(11)20-12/h3-5,10,12,16-18H,2,6-8H2,1H3. The van der Waals surface area contributed by atoms with Gasteiger partial charge < -0.3 is 25.0 Å². The first-order chi connectivity index (χ1) is 9.60. The Morgan fingerprint density at radius 2 is 2.15 bits per heavy atom. The second-order valence-electron chi connectivity index (χ2n) is 4.76. The smallest absolute Gasteiger partial charge is 0.268 e. The first-order valence-corrected chi connectivity index (χ1v) is 6.61. The van der Waals surface area contributed by atoms with Gasteiger partial charge in [-0.05, 0) is 24.1 Å². The highest BCUT2D eigenvalue weighted by Gasteiger charge is 2.34. The van der Waals surface area contributed by atoms with Gasteiger partial charge in [0.15, 0.2) is 6.10 Å². The van der Waals surface area contributed by atoms with E-state index in [2.05, 4.69) is 0 Å². The van der Waals surface area contributed by atoms with Crippen LogP contribution in [0.3, 0.4) is 0 Å². The fourth-order valence-corrected chi connectivity index (χ4v) is 2.19. The number of anilines is 1. The molecule has 1 amide bonds. The number of fused-ring (bicyclic) bond motifs is 1. The number of ether oxygens (including phenoxy) is 1. The molecule has 1 aromatic carbocycles. The number of carbonyl (C=O) groups is 1. The molecule has 110 valence electrons. The highest BCUT2D eigenvalue weighted by molar-refractivity contribution is 6.00. The Bertz CT molecular complexity index is 490. The summed E-state index contributed by atoms with van der Waals surface area (Å²) in [6.45, 7) is 1.33. The van der Waals surface area contributed by atoms with Crippen molar-refractivity contribution in [2.24, 2.45) is 0 Å². The molecule has 0 saturated carbocycles. The SMILES string of the molecule is CCC1Oc2cc(CO)ccc2N(CC(O)CO)C1=O. The molecule has 0 bridgehead atoms. The summed E-state index contributed by atoms with van der Waals surface area (Å²) in [4.78, 5) is 13.7. The van der Waals surface area contributed by atoms with Crippen molar-refractivity contribution in [2.45, 2.75) is 32.2 Å². The van der Waals surface area contributed by atoms with Crippen molar-refractivity contribution in [3.8, 4) is 5.75 Å². The molecule has 2 atom stereocenters. The second kappa shape index (κ2) is 6.21. The fraction of sp³-hybridized carbons (Fsp3) is 0.500. The quantitative estimate of drug-likeness (QED) is 0.709. The average molecular weight is 281 g/mol. The number of carbonyl (C=O) groups excluding carboxylic acids is 1. The van der Waals surface area contributed by atoms with Gasteiger partial charge in [-0.2, -0.15) is 0 Å². The molecule has 1 aliphatic heterocycles. The van der Waals surface area contributed by atoms with Gasteiger partial charge in [0.1, 0.15) is 5.75 Å². The number of amides is 1. The summed E-state index contributed by atoms with van der Waals surface area (Å²) in [7, 11) is 0. The summed E-state index contributed by atoms with van der Waals surface area (Å²) >= 11 is 0. The zero-order valence-electron chi connectivity index (χ0n) is 11.3. The Kier molecular flexibility index (Phi) is 4.59. The second-order valence-corrected chi connectivity index (χ2v) is 4.76. The number of benzene rings is 1. The minimum Gasteiger partial charge on any atom is -0.478 e. The average Bonchev–Trinajstić information content (AvgIpc) is 2.48. The van der Waals surface area contributed by atoms with E-state index in [4.69, 9.17) is 14.9 Å². The van der Waals surface area contributed by atoms with Crippen LogP contribution >= 0.6 is 0 Å². The van der Waals surface area contributed by atoms with E-state index in [1.165, 1.54) is 4.90 Å². The molecule has 0 aromatic heterocycles. The number of hydrogen-bond donors (Lipinski definition) is 3. The van der Waals surface area contributed by atoms with Crippen molar-refractivity contribution in [2.75, 3.05) is 18.1 Å². The van der Waals surface area contributed by atoms with Crippen LogP contribution in [-0.4, -0.2) is 46.6 Å². The molecule has 0 radical (unpaired) electrons. The molecule has 0 aliphatic carbocycles. The number of aliphatic hydroxyl groups is 3. The topological polar surface area (TPSA) is 90.2 Å². The van der Waals surface area contributed by atoms with Crippen molar-refractivity contribution in [1.82, 2.24) is 0 Å². The molecule has 6 heteroatoms. The molecule has 3 N–H and O–H groups in total. The monoisotopic (exact) mass is 281 g/mol. The van der Waals surface area contributed by atoms with Crippen LogP contribution in [0.2, 0.25) is 0 Å². The van der Waals surface area contributed by atoms with Gasteiger partial charge in [0.2, 0.25) is 0 Å². The summed E-state index contributed by atoms with van der Waals surface area (Å²) in [5, 5.41) is 27.7. The lowest BCUT2D eigenvalue weighted by Gasteiger charge is -2.35. The highest BCUT2D eigenvalue weighted by atomic mass is 16.5.